The van der Waals surface area contributed by atoms with Crippen LogP contribution in [0.4, 0.5) is 0 Å². The molecule has 2 aromatic rings. The minimum atomic E-state index is 0.133. The first-order chi connectivity index (χ1) is 10.4. The Bertz CT molecular complexity index is 602. The molecule has 0 atom stereocenters. The Labute approximate surface area is 139 Å². The monoisotopic (exact) mass is 315 g/mol. The average Bonchev–Trinajstić information content (AvgIpc) is 2.43. The van der Waals surface area contributed by atoms with Gasteiger partial charge >= 0.3 is 0 Å². The van der Waals surface area contributed by atoms with Gasteiger partial charge in [0, 0.05) is 16.9 Å². The molecular formula is C20H26ClN. The second-order valence-electron chi connectivity index (χ2n) is 7.33. The fourth-order valence-corrected chi connectivity index (χ4v) is 3.21. The fraction of sp³-hybridized carbons (Fsp3) is 0.450. The first kappa shape index (κ1) is 17.0. The van der Waals surface area contributed by atoms with Crippen molar-refractivity contribution in [2.45, 2.75) is 47.0 Å². The van der Waals surface area contributed by atoms with Crippen molar-refractivity contribution in [1.82, 2.24) is 4.98 Å². The third-order valence-electron chi connectivity index (χ3n) is 3.84. The highest BCUT2D eigenvalue weighted by molar-refractivity contribution is 6.32. The molecule has 2 rings (SSSR count). The summed E-state index contributed by atoms with van der Waals surface area (Å²) in [4.78, 5) is 4.45. The van der Waals surface area contributed by atoms with Crippen LogP contribution in [0.25, 0.3) is 0 Å². The predicted molar refractivity (Wildman–Crippen MR) is 95.4 cm³/mol. The van der Waals surface area contributed by atoms with Crippen molar-refractivity contribution in [3.8, 4) is 0 Å². The number of hydrogen-bond donors (Lipinski definition) is 0. The molecule has 0 spiro atoms. The van der Waals surface area contributed by atoms with Crippen molar-refractivity contribution >= 4 is 11.6 Å². The Hall–Kier alpha value is -1.34. The molecule has 0 aliphatic rings. The van der Waals surface area contributed by atoms with Crippen molar-refractivity contribution in [3.63, 3.8) is 0 Å². The van der Waals surface area contributed by atoms with E-state index in [4.69, 9.17) is 11.6 Å². The molecule has 0 radical (unpaired) electrons. The first-order valence-electron chi connectivity index (χ1n) is 8.03. The van der Waals surface area contributed by atoms with Gasteiger partial charge < -0.3 is 0 Å². The first-order valence-corrected chi connectivity index (χ1v) is 8.41. The summed E-state index contributed by atoms with van der Waals surface area (Å²) in [7, 11) is 0. The zero-order valence-electron chi connectivity index (χ0n) is 14.1. The van der Waals surface area contributed by atoms with Gasteiger partial charge in [0.25, 0.3) is 0 Å². The van der Waals surface area contributed by atoms with Crippen LogP contribution in [0.3, 0.4) is 0 Å². The molecule has 0 saturated heterocycles. The van der Waals surface area contributed by atoms with Gasteiger partial charge in [-0.05, 0) is 53.9 Å². The van der Waals surface area contributed by atoms with Crippen LogP contribution >= 0.6 is 11.6 Å². The molecule has 0 bridgehead atoms. The van der Waals surface area contributed by atoms with Crippen LogP contribution in [0.2, 0.25) is 5.02 Å². The van der Waals surface area contributed by atoms with Crippen molar-refractivity contribution in [1.29, 1.82) is 0 Å². The van der Waals surface area contributed by atoms with Crippen LogP contribution in [0.1, 0.15) is 44.5 Å². The van der Waals surface area contributed by atoms with Crippen molar-refractivity contribution < 1.29 is 0 Å². The maximum atomic E-state index is 6.65. The van der Waals surface area contributed by atoms with E-state index in [0.717, 1.165) is 30.0 Å². The van der Waals surface area contributed by atoms with Gasteiger partial charge in [-0.3, -0.25) is 4.98 Å². The SMILES string of the molecule is CC(C)Cc1cccc(CC(C)(C)Cc2ccccn2)c1Cl. The van der Waals surface area contributed by atoms with Gasteiger partial charge in [-0.1, -0.05) is 63.6 Å². The Morgan fingerprint density at radius 1 is 1.00 bits per heavy atom. The largest absolute Gasteiger partial charge is 0.261 e. The van der Waals surface area contributed by atoms with Gasteiger partial charge in [-0.25, -0.2) is 0 Å². The molecule has 1 nitrogen and oxygen atoms in total. The van der Waals surface area contributed by atoms with Gasteiger partial charge in [0.2, 0.25) is 0 Å². The highest BCUT2D eigenvalue weighted by Gasteiger charge is 2.22. The lowest BCUT2D eigenvalue weighted by Crippen LogP contribution is -2.19. The number of nitrogens with zero attached hydrogens (tertiary/aromatic N) is 1. The second-order valence-corrected chi connectivity index (χ2v) is 7.71. The standard InChI is InChI=1S/C20H26ClN/c1-15(2)12-16-8-7-9-17(19(16)21)13-20(3,4)14-18-10-5-6-11-22-18/h5-11,15H,12-14H2,1-4H3. The molecule has 2 heteroatoms. The van der Waals surface area contributed by atoms with E-state index in [2.05, 4.69) is 63.0 Å². The van der Waals surface area contributed by atoms with Crippen LogP contribution in [-0.4, -0.2) is 4.98 Å². The highest BCUT2D eigenvalue weighted by Crippen LogP contribution is 2.31. The van der Waals surface area contributed by atoms with Gasteiger partial charge in [0.05, 0.1) is 0 Å². The molecule has 0 N–H and O–H groups in total. The normalized spacial score (nSPS) is 11.9. The van der Waals surface area contributed by atoms with Gasteiger partial charge in [0.15, 0.2) is 0 Å². The summed E-state index contributed by atoms with van der Waals surface area (Å²) in [6.07, 6.45) is 4.82. The third-order valence-corrected chi connectivity index (χ3v) is 4.33. The van der Waals surface area contributed by atoms with Crippen LogP contribution < -0.4 is 0 Å². The summed E-state index contributed by atoms with van der Waals surface area (Å²) in [6.45, 7) is 9.03. The van der Waals surface area contributed by atoms with E-state index in [0.29, 0.717) is 5.92 Å². The predicted octanol–water partition coefficient (Wildman–Crippen LogP) is 5.74. The smallest absolute Gasteiger partial charge is 0.0470 e. The number of rotatable bonds is 6. The van der Waals surface area contributed by atoms with E-state index < -0.39 is 0 Å². The van der Waals surface area contributed by atoms with Crippen molar-refractivity contribution in [3.05, 3.63) is 64.4 Å². The maximum Gasteiger partial charge on any atom is 0.0470 e. The quantitative estimate of drug-likeness (QED) is 0.662. The molecule has 0 saturated carbocycles. The van der Waals surface area contributed by atoms with E-state index in [1.807, 2.05) is 12.3 Å². The Morgan fingerprint density at radius 3 is 2.36 bits per heavy atom. The minimum absolute atomic E-state index is 0.133. The maximum absolute atomic E-state index is 6.65. The lowest BCUT2D eigenvalue weighted by Gasteiger charge is -2.25. The summed E-state index contributed by atoms with van der Waals surface area (Å²) < 4.78 is 0. The zero-order valence-corrected chi connectivity index (χ0v) is 14.8. The van der Waals surface area contributed by atoms with Crippen LogP contribution in [0.5, 0.6) is 0 Å². The Kier molecular flexibility index (Phi) is 5.63. The van der Waals surface area contributed by atoms with E-state index >= 15 is 0 Å². The molecule has 1 aromatic heterocycles. The fourth-order valence-electron chi connectivity index (χ4n) is 2.94. The minimum Gasteiger partial charge on any atom is -0.261 e. The van der Waals surface area contributed by atoms with Crippen molar-refractivity contribution in [2.75, 3.05) is 0 Å². The molecule has 0 unspecified atom stereocenters. The van der Waals surface area contributed by atoms with Crippen LogP contribution in [-0.2, 0) is 19.3 Å². The van der Waals surface area contributed by atoms with Crippen LogP contribution in [0.15, 0.2) is 42.6 Å². The number of hydrogen-bond acceptors (Lipinski definition) is 1. The van der Waals surface area contributed by atoms with E-state index in [1.165, 1.54) is 11.1 Å². The van der Waals surface area contributed by atoms with E-state index in [-0.39, 0.29) is 5.41 Å². The molecule has 1 heterocycles. The van der Waals surface area contributed by atoms with E-state index in [1.54, 1.807) is 0 Å². The summed E-state index contributed by atoms with van der Waals surface area (Å²) in [5, 5.41) is 0.949. The lowest BCUT2D eigenvalue weighted by atomic mass is 9.81. The third kappa shape index (κ3) is 4.84. The van der Waals surface area contributed by atoms with E-state index in [9.17, 15) is 0 Å². The summed E-state index contributed by atoms with van der Waals surface area (Å²) in [5.41, 5.74) is 3.79. The van der Waals surface area contributed by atoms with Crippen LogP contribution in [0, 0.1) is 11.3 Å². The summed E-state index contributed by atoms with van der Waals surface area (Å²) in [6, 6.07) is 12.6. The van der Waals surface area contributed by atoms with Gasteiger partial charge in [0.1, 0.15) is 0 Å². The zero-order chi connectivity index (χ0) is 16.2. The molecular weight excluding hydrogens is 290 g/mol. The number of benzene rings is 1. The molecule has 0 amide bonds. The molecule has 0 aliphatic heterocycles. The second kappa shape index (κ2) is 7.28. The number of pyridine rings is 1. The molecule has 0 aliphatic carbocycles. The number of halogens is 1. The summed E-state index contributed by atoms with van der Waals surface area (Å²) in [5.74, 6) is 0.620. The molecule has 0 fully saturated rings. The number of aromatic nitrogens is 1. The Morgan fingerprint density at radius 2 is 1.73 bits per heavy atom. The van der Waals surface area contributed by atoms with Gasteiger partial charge in [-0.2, -0.15) is 0 Å². The topological polar surface area (TPSA) is 12.9 Å². The Balaban J connectivity index is 2.15. The average molecular weight is 316 g/mol. The van der Waals surface area contributed by atoms with Crippen molar-refractivity contribution in [2.24, 2.45) is 11.3 Å². The molecule has 118 valence electrons. The highest BCUT2D eigenvalue weighted by atomic mass is 35.5. The van der Waals surface area contributed by atoms with Gasteiger partial charge in [-0.15, -0.1) is 0 Å². The molecule has 1 aromatic carbocycles. The molecule has 22 heavy (non-hydrogen) atoms. The lowest BCUT2D eigenvalue weighted by molar-refractivity contribution is 0.357. The summed E-state index contributed by atoms with van der Waals surface area (Å²) >= 11 is 6.65.